The van der Waals surface area contributed by atoms with E-state index >= 15 is 0 Å². The lowest BCUT2D eigenvalue weighted by molar-refractivity contribution is 1.12. The van der Waals surface area contributed by atoms with Crippen molar-refractivity contribution in [3.8, 4) is 0 Å². The second-order valence-electron chi connectivity index (χ2n) is 8.69. The van der Waals surface area contributed by atoms with Gasteiger partial charge < -0.3 is 0 Å². The number of hydrogen-bond acceptors (Lipinski definition) is 6. The molecule has 6 nitrogen and oxygen atoms in total. The fourth-order valence-corrected chi connectivity index (χ4v) is 4.36. The van der Waals surface area contributed by atoms with Crippen LogP contribution in [0.3, 0.4) is 0 Å². The van der Waals surface area contributed by atoms with Crippen LogP contribution in [0.2, 0.25) is 20.1 Å². The van der Waals surface area contributed by atoms with Gasteiger partial charge in [0.15, 0.2) is 0 Å². The molecule has 0 aliphatic carbocycles. The summed E-state index contributed by atoms with van der Waals surface area (Å²) in [7, 11) is 0. The van der Waals surface area contributed by atoms with Crippen molar-refractivity contribution >= 4 is 95.0 Å². The molecule has 5 heterocycles. The SMILES string of the molecule is Clc1ccnc(C=Cc2nc(C=Cc3cc(Cl)ccn3)c(C=Cc3cc(Cl)ccn3)nc2C=Cc2cc(Cl)ccn2)c1. The average molecular weight is 630 g/mol. The normalized spacial score (nSPS) is 11.9. The molecular weight excluding hydrogens is 610 g/mol. The van der Waals surface area contributed by atoms with Gasteiger partial charge in [0, 0.05) is 44.9 Å². The Bertz CT molecular complexity index is 1590. The summed E-state index contributed by atoms with van der Waals surface area (Å²) in [6, 6.07) is 13.9. The van der Waals surface area contributed by atoms with Crippen molar-refractivity contribution in [2.24, 2.45) is 0 Å². The van der Waals surface area contributed by atoms with Crippen molar-refractivity contribution in [1.29, 1.82) is 0 Å². The van der Waals surface area contributed by atoms with Gasteiger partial charge in [0.25, 0.3) is 0 Å². The molecular formula is C32H20Cl4N6. The molecule has 0 aliphatic heterocycles. The lowest BCUT2D eigenvalue weighted by Crippen LogP contribution is -2.00. The van der Waals surface area contributed by atoms with E-state index in [1.165, 1.54) is 0 Å². The Balaban J connectivity index is 1.63. The highest BCUT2D eigenvalue weighted by Crippen LogP contribution is 2.21. The van der Waals surface area contributed by atoms with Gasteiger partial charge >= 0.3 is 0 Å². The molecule has 0 unspecified atom stereocenters. The van der Waals surface area contributed by atoms with Gasteiger partial charge in [0.2, 0.25) is 0 Å². The molecule has 0 aliphatic rings. The molecule has 5 aromatic rings. The van der Waals surface area contributed by atoms with Crippen LogP contribution >= 0.6 is 46.4 Å². The highest BCUT2D eigenvalue weighted by Gasteiger charge is 2.09. The first-order valence-corrected chi connectivity index (χ1v) is 14.0. The molecule has 0 atom stereocenters. The van der Waals surface area contributed by atoms with Crippen molar-refractivity contribution < 1.29 is 0 Å². The van der Waals surface area contributed by atoms with Crippen LogP contribution in [-0.4, -0.2) is 29.9 Å². The van der Waals surface area contributed by atoms with Crippen LogP contribution in [0.1, 0.15) is 45.6 Å². The zero-order valence-corrected chi connectivity index (χ0v) is 24.8. The Hall–Kier alpha value is -4.20. The molecule has 5 rings (SSSR count). The van der Waals surface area contributed by atoms with Gasteiger partial charge in [-0.3, -0.25) is 19.9 Å². The average Bonchev–Trinajstić information content (AvgIpc) is 2.97. The molecule has 0 radical (unpaired) electrons. The quantitative estimate of drug-likeness (QED) is 0.170. The first-order chi connectivity index (χ1) is 20.4. The van der Waals surface area contributed by atoms with Crippen LogP contribution < -0.4 is 0 Å². The van der Waals surface area contributed by atoms with Gasteiger partial charge in [-0.1, -0.05) is 46.4 Å². The number of aromatic nitrogens is 6. The minimum absolute atomic E-state index is 0.579. The minimum Gasteiger partial charge on any atom is -0.257 e. The van der Waals surface area contributed by atoms with E-state index in [9.17, 15) is 0 Å². The van der Waals surface area contributed by atoms with Crippen LogP contribution in [0.25, 0.3) is 48.6 Å². The fourth-order valence-electron chi connectivity index (χ4n) is 3.69. The molecule has 0 saturated carbocycles. The molecule has 0 N–H and O–H groups in total. The summed E-state index contributed by atoms with van der Waals surface area (Å²) < 4.78 is 0. The van der Waals surface area contributed by atoms with E-state index in [-0.39, 0.29) is 0 Å². The Morgan fingerprint density at radius 1 is 0.357 bits per heavy atom. The summed E-state index contributed by atoms with van der Waals surface area (Å²) in [5, 5.41) is 2.32. The molecule has 206 valence electrons. The highest BCUT2D eigenvalue weighted by atomic mass is 35.5. The number of halogens is 4. The van der Waals surface area contributed by atoms with E-state index < -0.39 is 0 Å². The van der Waals surface area contributed by atoms with Crippen molar-refractivity contribution in [2.45, 2.75) is 0 Å². The Morgan fingerprint density at radius 3 is 0.810 bits per heavy atom. The van der Waals surface area contributed by atoms with E-state index in [1.807, 2.05) is 48.6 Å². The predicted molar refractivity (Wildman–Crippen MR) is 175 cm³/mol. The molecule has 0 saturated heterocycles. The monoisotopic (exact) mass is 628 g/mol. The summed E-state index contributed by atoms with van der Waals surface area (Å²) in [5.74, 6) is 0. The number of nitrogens with zero attached hydrogens (tertiary/aromatic N) is 6. The third kappa shape index (κ3) is 8.41. The zero-order chi connectivity index (χ0) is 29.3. The first-order valence-electron chi connectivity index (χ1n) is 12.5. The van der Waals surface area contributed by atoms with Crippen molar-refractivity contribution in [2.75, 3.05) is 0 Å². The van der Waals surface area contributed by atoms with Gasteiger partial charge in [-0.25, -0.2) is 9.97 Å². The van der Waals surface area contributed by atoms with Crippen LogP contribution in [0, 0.1) is 0 Å². The van der Waals surface area contributed by atoms with E-state index in [1.54, 1.807) is 73.3 Å². The standard InChI is InChI=1S/C32H20Cl4N6/c33-21-9-13-37-25(17-21)1-5-29-30(6-2-26-18-22(34)10-14-38-26)42-32(8-4-28-20-24(36)12-16-40-28)31(41-29)7-3-27-19-23(35)11-15-39-27/h1-20H. The summed E-state index contributed by atoms with van der Waals surface area (Å²) >= 11 is 24.7. The molecule has 0 fully saturated rings. The van der Waals surface area contributed by atoms with Gasteiger partial charge in [0.1, 0.15) is 0 Å². The second kappa shape index (κ2) is 14.1. The van der Waals surface area contributed by atoms with E-state index in [0.717, 1.165) is 0 Å². The Labute approximate surface area is 262 Å². The maximum atomic E-state index is 6.16. The molecule has 0 bridgehead atoms. The number of hydrogen-bond donors (Lipinski definition) is 0. The maximum Gasteiger partial charge on any atom is 0.0895 e. The lowest BCUT2D eigenvalue weighted by Gasteiger charge is -2.07. The van der Waals surface area contributed by atoms with Gasteiger partial charge in [-0.2, -0.15) is 0 Å². The van der Waals surface area contributed by atoms with E-state index in [0.29, 0.717) is 65.6 Å². The molecule has 10 heteroatoms. The van der Waals surface area contributed by atoms with Gasteiger partial charge in [-0.05, 0) is 97.1 Å². The largest absolute Gasteiger partial charge is 0.257 e. The van der Waals surface area contributed by atoms with Crippen molar-refractivity contribution in [3.05, 3.63) is 139 Å². The van der Waals surface area contributed by atoms with Crippen molar-refractivity contribution in [1.82, 2.24) is 29.9 Å². The zero-order valence-electron chi connectivity index (χ0n) is 21.7. The summed E-state index contributed by atoms with van der Waals surface area (Å²) in [6.45, 7) is 0. The topological polar surface area (TPSA) is 77.3 Å². The molecule has 5 aromatic heterocycles. The van der Waals surface area contributed by atoms with E-state index in [2.05, 4.69) is 19.9 Å². The maximum absolute atomic E-state index is 6.16. The Kier molecular flexibility index (Phi) is 9.85. The molecule has 42 heavy (non-hydrogen) atoms. The van der Waals surface area contributed by atoms with E-state index in [4.69, 9.17) is 56.4 Å². The van der Waals surface area contributed by atoms with Gasteiger partial charge in [-0.15, -0.1) is 0 Å². The van der Waals surface area contributed by atoms with Crippen LogP contribution in [0.5, 0.6) is 0 Å². The Morgan fingerprint density at radius 2 is 0.595 bits per heavy atom. The lowest BCUT2D eigenvalue weighted by atomic mass is 10.1. The van der Waals surface area contributed by atoms with Crippen LogP contribution in [0.15, 0.2) is 73.3 Å². The third-order valence-electron chi connectivity index (χ3n) is 5.63. The fraction of sp³-hybridized carbons (Fsp3) is 0. The summed E-state index contributed by atoms with van der Waals surface area (Å²) in [4.78, 5) is 27.3. The number of pyridine rings is 4. The second-order valence-corrected chi connectivity index (χ2v) is 10.4. The number of rotatable bonds is 8. The predicted octanol–water partition coefficient (Wildman–Crippen LogP) is 9.35. The summed E-state index contributed by atoms with van der Waals surface area (Å²) in [5.41, 5.74) is 5.05. The van der Waals surface area contributed by atoms with Crippen molar-refractivity contribution in [3.63, 3.8) is 0 Å². The highest BCUT2D eigenvalue weighted by molar-refractivity contribution is 6.31. The smallest absolute Gasteiger partial charge is 0.0895 e. The third-order valence-corrected chi connectivity index (χ3v) is 6.57. The molecule has 0 aromatic carbocycles. The minimum atomic E-state index is 0.579. The van der Waals surface area contributed by atoms with Crippen LogP contribution in [0.4, 0.5) is 0 Å². The molecule has 0 amide bonds. The summed E-state index contributed by atoms with van der Waals surface area (Å²) in [6.07, 6.45) is 21.2. The van der Waals surface area contributed by atoms with Gasteiger partial charge in [0.05, 0.1) is 45.6 Å². The first kappa shape index (κ1) is 29.3. The van der Waals surface area contributed by atoms with Crippen LogP contribution in [-0.2, 0) is 0 Å². The molecule has 0 spiro atoms.